The summed E-state index contributed by atoms with van der Waals surface area (Å²) in [5.74, 6) is 0. The van der Waals surface area contributed by atoms with Gasteiger partial charge in [0, 0.05) is 0 Å². The van der Waals surface area contributed by atoms with E-state index in [1.165, 1.54) is 12.8 Å². The van der Waals surface area contributed by atoms with E-state index in [1.807, 2.05) is 0 Å². The molecule has 0 saturated carbocycles. The predicted octanol–water partition coefficient (Wildman–Crippen LogP) is 2.75. The Kier molecular flexibility index (Phi) is 1.18. The highest BCUT2D eigenvalue weighted by Gasteiger charge is 2.16. The van der Waals surface area contributed by atoms with Crippen molar-refractivity contribution in [3.8, 4) is 0 Å². The topological polar surface area (TPSA) is 0 Å². The summed E-state index contributed by atoms with van der Waals surface area (Å²) in [5, 5.41) is 0. The van der Waals surface area contributed by atoms with Gasteiger partial charge < -0.3 is 0 Å². The predicted molar refractivity (Wildman–Crippen MR) is 36.8 cm³/mol. The Morgan fingerprint density at radius 3 is 2.12 bits per heavy atom. The van der Waals surface area contributed by atoms with E-state index in [0.717, 1.165) is 0 Å². The quantitative estimate of drug-likeness (QED) is 0.455. The summed E-state index contributed by atoms with van der Waals surface area (Å²) in [6.07, 6.45) is 4.90. The normalized spacial score (nSPS) is 18.1. The number of hydrogen-bond donors (Lipinski definition) is 0. The molecule has 0 aromatic carbocycles. The Labute approximate surface area is 51.6 Å². The Hall–Kier alpha value is -0.260. The molecule has 1 aliphatic rings. The molecule has 0 aliphatic heterocycles. The van der Waals surface area contributed by atoms with Gasteiger partial charge in [-0.1, -0.05) is 32.4 Å². The lowest BCUT2D eigenvalue weighted by molar-refractivity contribution is 0.414. The first-order valence-electron chi connectivity index (χ1n) is 3.26. The maximum atomic E-state index is 2.31. The van der Waals surface area contributed by atoms with Gasteiger partial charge in [-0.3, -0.25) is 0 Å². The zero-order valence-electron chi connectivity index (χ0n) is 5.99. The van der Waals surface area contributed by atoms with E-state index < -0.39 is 0 Å². The highest BCUT2D eigenvalue weighted by Crippen LogP contribution is 2.32. The molecule has 1 aliphatic carbocycles. The van der Waals surface area contributed by atoms with E-state index in [-0.39, 0.29) is 0 Å². The minimum Gasteiger partial charge on any atom is -0.0809 e. The van der Waals surface area contributed by atoms with Gasteiger partial charge in [0.15, 0.2) is 0 Å². The van der Waals surface area contributed by atoms with E-state index in [2.05, 4.69) is 26.8 Å². The van der Waals surface area contributed by atoms with Crippen LogP contribution in [0, 0.1) is 5.41 Å². The van der Waals surface area contributed by atoms with Crippen molar-refractivity contribution in [3.05, 3.63) is 11.6 Å². The van der Waals surface area contributed by atoms with Gasteiger partial charge in [0.25, 0.3) is 0 Å². The first-order chi connectivity index (χ1) is 3.58. The fraction of sp³-hybridized carbons (Fsp3) is 0.750. The SMILES string of the molecule is CC(C)(C)CC1=CC1. The van der Waals surface area contributed by atoms with Gasteiger partial charge in [-0.15, -0.1) is 0 Å². The molecule has 0 spiro atoms. The third kappa shape index (κ3) is 2.15. The second kappa shape index (κ2) is 1.61. The van der Waals surface area contributed by atoms with Gasteiger partial charge in [-0.05, 0) is 18.3 Å². The molecular weight excluding hydrogens is 96.1 g/mol. The van der Waals surface area contributed by atoms with Crippen LogP contribution in [-0.2, 0) is 0 Å². The lowest BCUT2D eigenvalue weighted by Crippen LogP contribution is -2.02. The van der Waals surface area contributed by atoms with Gasteiger partial charge in [-0.25, -0.2) is 0 Å². The number of allylic oxidation sites excluding steroid dienone is 2. The summed E-state index contributed by atoms with van der Waals surface area (Å²) in [6.45, 7) is 6.85. The zero-order chi connectivity index (χ0) is 6.20. The lowest BCUT2D eigenvalue weighted by Gasteiger charge is -2.14. The monoisotopic (exact) mass is 110 g/mol. The van der Waals surface area contributed by atoms with Crippen molar-refractivity contribution >= 4 is 0 Å². The maximum absolute atomic E-state index is 2.31. The summed E-state index contributed by atoms with van der Waals surface area (Å²) in [4.78, 5) is 0. The molecule has 0 heteroatoms. The van der Waals surface area contributed by atoms with Crippen LogP contribution >= 0.6 is 0 Å². The third-order valence-electron chi connectivity index (χ3n) is 1.25. The Bertz CT molecular complexity index is 112. The molecule has 0 heterocycles. The van der Waals surface area contributed by atoms with Crippen molar-refractivity contribution in [1.29, 1.82) is 0 Å². The summed E-state index contributed by atoms with van der Waals surface area (Å²) < 4.78 is 0. The second-order valence-electron chi connectivity index (χ2n) is 3.80. The van der Waals surface area contributed by atoms with Crippen LogP contribution in [0.4, 0.5) is 0 Å². The second-order valence-corrected chi connectivity index (χ2v) is 3.80. The standard InChI is InChI=1S/C8H14/c1-8(2,3)6-7-4-5-7/h4H,5-6H2,1-3H3. The van der Waals surface area contributed by atoms with Crippen LogP contribution in [0.15, 0.2) is 11.6 Å². The Morgan fingerprint density at radius 2 is 2.00 bits per heavy atom. The first-order valence-corrected chi connectivity index (χ1v) is 3.26. The fourth-order valence-corrected chi connectivity index (χ4v) is 0.898. The fourth-order valence-electron chi connectivity index (χ4n) is 0.898. The van der Waals surface area contributed by atoms with Crippen LogP contribution in [-0.4, -0.2) is 0 Å². The molecule has 0 radical (unpaired) electrons. The van der Waals surface area contributed by atoms with E-state index in [9.17, 15) is 0 Å². The van der Waals surface area contributed by atoms with Crippen molar-refractivity contribution in [2.75, 3.05) is 0 Å². The van der Waals surface area contributed by atoms with Crippen LogP contribution in [0.1, 0.15) is 33.6 Å². The van der Waals surface area contributed by atoms with Crippen molar-refractivity contribution in [1.82, 2.24) is 0 Å². The van der Waals surface area contributed by atoms with Gasteiger partial charge >= 0.3 is 0 Å². The van der Waals surface area contributed by atoms with Crippen LogP contribution < -0.4 is 0 Å². The van der Waals surface area contributed by atoms with Crippen molar-refractivity contribution in [3.63, 3.8) is 0 Å². The van der Waals surface area contributed by atoms with Gasteiger partial charge in [0.1, 0.15) is 0 Å². The first kappa shape index (κ1) is 5.87. The van der Waals surface area contributed by atoms with Crippen LogP contribution in [0.2, 0.25) is 0 Å². The molecule has 0 bridgehead atoms. The van der Waals surface area contributed by atoms with E-state index in [0.29, 0.717) is 5.41 Å². The van der Waals surface area contributed by atoms with Gasteiger partial charge in [0.2, 0.25) is 0 Å². The largest absolute Gasteiger partial charge is 0.0809 e. The van der Waals surface area contributed by atoms with Crippen molar-refractivity contribution < 1.29 is 0 Å². The molecule has 0 nitrogen and oxygen atoms in total. The summed E-state index contributed by atoms with van der Waals surface area (Å²) in [5.41, 5.74) is 2.17. The maximum Gasteiger partial charge on any atom is -0.0136 e. The van der Waals surface area contributed by atoms with Crippen LogP contribution in [0.5, 0.6) is 0 Å². The molecule has 46 valence electrons. The molecule has 0 unspecified atom stereocenters. The molecule has 0 aromatic heterocycles. The summed E-state index contributed by atoms with van der Waals surface area (Å²) in [7, 11) is 0. The highest BCUT2D eigenvalue weighted by molar-refractivity contribution is 5.22. The average molecular weight is 110 g/mol. The molecule has 8 heavy (non-hydrogen) atoms. The molecule has 0 aromatic rings. The molecule has 0 saturated heterocycles. The zero-order valence-corrected chi connectivity index (χ0v) is 5.99. The minimum atomic E-state index is 0.516. The van der Waals surface area contributed by atoms with Crippen LogP contribution in [0.3, 0.4) is 0 Å². The molecular formula is C8H14. The summed E-state index contributed by atoms with van der Waals surface area (Å²) >= 11 is 0. The van der Waals surface area contributed by atoms with E-state index >= 15 is 0 Å². The van der Waals surface area contributed by atoms with Crippen molar-refractivity contribution in [2.45, 2.75) is 33.6 Å². The molecule has 0 amide bonds. The van der Waals surface area contributed by atoms with E-state index in [4.69, 9.17) is 0 Å². The minimum absolute atomic E-state index is 0.516. The Morgan fingerprint density at radius 1 is 1.50 bits per heavy atom. The number of hydrogen-bond acceptors (Lipinski definition) is 0. The molecule has 0 atom stereocenters. The highest BCUT2D eigenvalue weighted by atomic mass is 14.2. The summed E-state index contributed by atoms with van der Waals surface area (Å²) in [6, 6.07) is 0. The van der Waals surface area contributed by atoms with Crippen LogP contribution in [0.25, 0.3) is 0 Å². The lowest BCUT2D eigenvalue weighted by atomic mass is 9.91. The van der Waals surface area contributed by atoms with Crippen molar-refractivity contribution in [2.24, 2.45) is 5.41 Å². The molecule has 0 N–H and O–H groups in total. The third-order valence-corrected chi connectivity index (χ3v) is 1.25. The Balaban J connectivity index is 2.27. The number of rotatable bonds is 1. The van der Waals surface area contributed by atoms with E-state index in [1.54, 1.807) is 5.57 Å². The molecule has 0 fully saturated rings. The smallest absolute Gasteiger partial charge is 0.0136 e. The molecule has 1 rings (SSSR count). The average Bonchev–Trinajstić information content (AvgIpc) is 2.12. The van der Waals surface area contributed by atoms with Gasteiger partial charge in [0.05, 0.1) is 0 Å². The van der Waals surface area contributed by atoms with Gasteiger partial charge in [-0.2, -0.15) is 0 Å².